The number of nitro groups is 1. The first-order valence-electron chi connectivity index (χ1n) is 4.66. The Hall–Kier alpha value is -1.98. The van der Waals surface area contributed by atoms with Crippen molar-refractivity contribution in [2.24, 2.45) is 0 Å². The fourth-order valence-corrected chi connectivity index (χ4v) is 1.19. The average Bonchev–Trinajstić information content (AvgIpc) is 2.26. The summed E-state index contributed by atoms with van der Waals surface area (Å²) in [6, 6.07) is 2.83. The molecule has 0 spiro atoms. The first kappa shape index (κ1) is 12.1. The van der Waals surface area contributed by atoms with Crippen LogP contribution in [0.25, 0.3) is 0 Å². The predicted octanol–water partition coefficient (Wildman–Crippen LogP) is 1.83. The quantitative estimate of drug-likeness (QED) is 0.583. The van der Waals surface area contributed by atoms with E-state index in [2.05, 4.69) is 0 Å². The third-order valence-electron chi connectivity index (χ3n) is 2.21. The van der Waals surface area contributed by atoms with Gasteiger partial charge in [0.1, 0.15) is 11.4 Å². The molecule has 1 aromatic carbocycles. The number of nitrogens with zero attached hydrogens (tertiary/aromatic N) is 2. The Kier molecular flexibility index (Phi) is 3.55. The molecule has 0 aliphatic rings. The van der Waals surface area contributed by atoms with E-state index in [4.69, 9.17) is 0 Å². The molecule has 1 rings (SSSR count). The molecule has 16 heavy (non-hydrogen) atoms. The summed E-state index contributed by atoms with van der Waals surface area (Å²) in [5.74, 6) is -1.23. The first-order chi connectivity index (χ1) is 7.47. The number of amides is 1. The highest BCUT2D eigenvalue weighted by molar-refractivity contribution is 5.97. The van der Waals surface area contributed by atoms with Crippen LogP contribution in [0.2, 0.25) is 0 Å². The number of rotatable bonds is 3. The van der Waals surface area contributed by atoms with Gasteiger partial charge in [0.2, 0.25) is 0 Å². The highest BCUT2D eigenvalue weighted by atomic mass is 19.1. The summed E-state index contributed by atoms with van der Waals surface area (Å²) in [7, 11) is 1.50. The maximum Gasteiger partial charge on any atom is 0.282 e. The highest BCUT2D eigenvalue weighted by Crippen LogP contribution is 2.20. The summed E-state index contributed by atoms with van der Waals surface area (Å²) in [6.45, 7) is 2.12. The molecular formula is C10H11FN2O3. The number of nitro benzene ring substituents is 1. The van der Waals surface area contributed by atoms with Crippen molar-refractivity contribution in [3.05, 3.63) is 39.7 Å². The predicted molar refractivity (Wildman–Crippen MR) is 55.7 cm³/mol. The highest BCUT2D eigenvalue weighted by Gasteiger charge is 2.22. The van der Waals surface area contributed by atoms with Gasteiger partial charge in [0.25, 0.3) is 11.6 Å². The number of carbonyl (C=O) groups excluding carboxylic acids is 1. The van der Waals surface area contributed by atoms with E-state index in [0.29, 0.717) is 6.54 Å². The fraction of sp³-hybridized carbons (Fsp3) is 0.300. The molecule has 0 atom stereocenters. The monoisotopic (exact) mass is 226 g/mol. The molecule has 0 unspecified atom stereocenters. The molecule has 0 saturated heterocycles. The van der Waals surface area contributed by atoms with E-state index in [1.54, 1.807) is 6.92 Å². The average molecular weight is 226 g/mol. The molecule has 1 amide bonds. The zero-order valence-corrected chi connectivity index (χ0v) is 8.94. The van der Waals surface area contributed by atoms with Gasteiger partial charge in [-0.05, 0) is 19.1 Å². The molecule has 0 fully saturated rings. The minimum atomic E-state index is -0.698. The number of hydrogen-bond acceptors (Lipinski definition) is 3. The fourth-order valence-electron chi connectivity index (χ4n) is 1.19. The van der Waals surface area contributed by atoms with Crippen LogP contribution in [0.3, 0.4) is 0 Å². The van der Waals surface area contributed by atoms with E-state index in [1.165, 1.54) is 11.9 Å². The van der Waals surface area contributed by atoms with Crippen LogP contribution in [0, 0.1) is 15.9 Å². The third-order valence-corrected chi connectivity index (χ3v) is 2.21. The standard InChI is InChI=1S/C10H11FN2O3/c1-3-12(2)10(14)8-6-7(11)4-5-9(8)13(15)16/h4-6H,3H2,1-2H3. The van der Waals surface area contributed by atoms with E-state index >= 15 is 0 Å². The van der Waals surface area contributed by atoms with Gasteiger partial charge in [-0.15, -0.1) is 0 Å². The number of halogens is 1. The maximum atomic E-state index is 12.9. The number of hydrogen-bond donors (Lipinski definition) is 0. The molecule has 0 heterocycles. The third kappa shape index (κ3) is 2.33. The van der Waals surface area contributed by atoms with Gasteiger partial charge < -0.3 is 4.90 Å². The normalized spacial score (nSPS) is 9.94. The molecule has 5 nitrogen and oxygen atoms in total. The number of benzene rings is 1. The van der Waals surface area contributed by atoms with Gasteiger partial charge in [-0.2, -0.15) is 0 Å². The minimum absolute atomic E-state index is 0.227. The van der Waals surface area contributed by atoms with Gasteiger partial charge in [-0.25, -0.2) is 4.39 Å². The van der Waals surface area contributed by atoms with Gasteiger partial charge in [0.05, 0.1) is 4.92 Å². The molecule has 0 radical (unpaired) electrons. The van der Waals surface area contributed by atoms with Crippen LogP contribution in [-0.4, -0.2) is 29.3 Å². The molecular weight excluding hydrogens is 215 g/mol. The second-order valence-electron chi connectivity index (χ2n) is 3.24. The van der Waals surface area contributed by atoms with E-state index in [1.807, 2.05) is 0 Å². The van der Waals surface area contributed by atoms with Gasteiger partial charge >= 0.3 is 0 Å². The lowest BCUT2D eigenvalue weighted by Gasteiger charge is -2.14. The molecule has 0 aliphatic carbocycles. The number of carbonyl (C=O) groups is 1. The molecule has 0 aromatic heterocycles. The molecule has 0 aliphatic heterocycles. The van der Waals surface area contributed by atoms with Crippen molar-refractivity contribution >= 4 is 11.6 Å². The van der Waals surface area contributed by atoms with E-state index in [-0.39, 0.29) is 11.3 Å². The summed E-state index contributed by atoms with van der Waals surface area (Å²) in [5, 5.41) is 10.7. The Balaban J connectivity index is 3.24. The largest absolute Gasteiger partial charge is 0.342 e. The SMILES string of the molecule is CCN(C)C(=O)c1cc(F)ccc1[N+](=O)[O-]. The zero-order valence-electron chi connectivity index (χ0n) is 8.94. The second-order valence-corrected chi connectivity index (χ2v) is 3.24. The Morgan fingerprint density at radius 3 is 2.69 bits per heavy atom. The summed E-state index contributed by atoms with van der Waals surface area (Å²) in [4.78, 5) is 23.0. The van der Waals surface area contributed by atoms with Gasteiger partial charge in [0, 0.05) is 19.7 Å². The van der Waals surface area contributed by atoms with E-state index in [0.717, 1.165) is 18.2 Å². The van der Waals surface area contributed by atoms with Crippen molar-refractivity contribution in [3.8, 4) is 0 Å². The smallest absolute Gasteiger partial charge is 0.282 e. The van der Waals surface area contributed by atoms with Crippen LogP contribution in [0.15, 0.2) is 18.2 Å². The Morgan fingerprint density at radius 1 is 1.56 bits per heavy atom. The van der Waals surface area contributed by atoms with Crippen LogP contribution in [0.1, 0.15) is 17.3 Å². The van der Waals surface area contributed by atoms with Crippen molar-refractivity contribution in [2.75, 3.05) is 13.6 Å². The van der Waals surface area contributed by atoms with Gasteiger partial charge in [-0.3, -0.25) is 14.9 Å². The summed E-state index contributed by atoms with van der Waals surface area (Å²) < 4.78 is 12.9. The molecule has 6 heteroatoms. The minimum Gasteiger partial charge on any atom is -0.342 e. The second kappa shape index (κ2) is 4.69. The van der Waals surface area contributed by atoms with Crippen molar-refractivity contribution in [1.29, 1.82) is 0 Å². The van der Waals surface area contributed by atoms with E-state index < -0.39 is 16.6 Å². The van der Waals surface area contributed by atoms with Crippen LogP contribution in [0.5, 0.6) is 0 Å². The Bertz CT molecular complexity index is 434. The molecule has 0 bridgehead atoms. The van der Waals surface area contributed by atoms with Gasteiger partial charge in [-0.1, -0.05) is 0 Å². The summed E-state index contributed by atoms with van der Waals surface area (Å²) in [6.07, 6.45) is 0. The lowest BCUT2D eigenvalue weighted by Crippen LogP contribution is -2.27. The maximum absolute atomic E-state index is 12.9. The molecule has 0 N–H and O–H groups in total. The first-order valence-corrected chi connectivity index (χ1v) is 4.66. The zero-order chi connectivity index (χ0) is 12.3. The molecule has 1 aromatic rings. The lowest BCUT2D eigenvalue weighted by atomic mass is 10.1. The van der Waals surface area contributed by atoms with Crippen LogP contribution < -0.4 is 0 Å². The summed E-state index contributed by atoms with van der Waals surface area (Å²) >= 11 is 0. The van der Waals surface area contributed by atoms with Crippen molar-refractivity contribution in [2.45, 2.75) is 6.92 Å². The molecule has 86 valence electrons. The molecule has 0 saturated carbocycles. The topological polar surface area (TPSA) is 63.5 Å². The van der Waals surface area contributed by atoms with Crippen LogP contribution >= 0.6 is 0 Å². The van der Waals surface area contributed by atoms with Crippen LogP contribution in [0.4, 0.5) is 10.1 Å². The van der Waals surface area contributed by atoms with E-state index in [9.17, 15) is 19.3 Å². The van der Waals surface area contributed by atoms with Gasteiger partial charge in [0.15, 0.2) is 0 Å². The van der Waals surface area contributed by atoms with Crippen LogP contribution in [-0.2, 0) is 0 Å². The lowest BCUT2D eigenvalue weighted by molar-refractivity contribution is -0.385. The van der Waals surface area contributed by atoms with Crippen molar-refractivity contribution in [1.82, 2.24) is 4.90 Å². The van der Waals surface area contributed by atoms with Crippen molar-refractivity contribution in [3.63, 3.8) is 0 Å². The van der Waals surface area contributed by atoms with Crippen molar-refractivity contribution < 1.29 is 14.1 Å². The Morgan fingerprint density at radius 2 is 2.19 bits per heavy atom. The Labute approximate surface area is 91.6 Å². The summed E-state index contributed by atoms with van der Waals surface area (Å²) in [5.41, 5.74) is -0.610.